The van der Waals surface area contributed by atoms with Crippen molar-refractivity contribution in [2.45, 2.75) is 32.1 Å². The lowest BCUT2D eigenvalue weighted by Crippen LogP contribution is -2.46. The van der Waals surface area contributed by atoms with Gasteiger partial charge in [-0.05, 0) is 55.8 Å². The lowest BCUT2D eigenvalue weighted by molar-refractivity contribution is -0.130. The van der Waals surface area contributed by atoms with E-state index in [1.54, 1.807) is 48.2 Å². The van der Waals surface area contributed by atoms with Crippen LogP contribution >= 0.6 is 23.4 Å². The number of thioether (sulfide) groups is 1. The molecule has 168 valence electrons. The minimum absolute atomic E-state index is 0.0882. The van der Waals surface area contributed by atoms with Crippen molar-refractivity contribution < 1.29 is 19.1 Å². The average molecular weight is 474 g/mol. The smallest absolute Gasteiger partial charge is 0.338 e. The third-order valence-electron chi connectivity index (χ3n) is 4.64. The van der Waals surface area contributed by atoms with E-state index in [1.807, 2.05) is 19.1 Å². The minimum atomic E-state index is -0.554. The molecule has 0 radical (unpaired) electrons. The van der Waals surface area contributed by atoms with Crippen molar-refractivity contribution in [3.8, 4) is 0 Å². The van der Waals surface area contributed by atoms with Gasteiger partial charge in [-0.3, -0.25) is 14.5 Å². The van der Waals surface area contributed by atoms with Crippen molar-refractivity contribution in [2.75, 3.05) is 13.2 Å². The highest BCUT2D eigenvalue weighted by atomic mass is 35.5. The summed E-state index contributed by atoms with van der Waals surface area (Å²) in [7, 11) is 0. The van der Waals surface area contributed by atoms with Crippen LogP contribution < -0.4 is 5.32 Å². The molecule has 1 atom stereocenters. The molecule has 2 aromatic rings. The van der Waals surface area contributed by atoms with Crippen molar-refractivity contribution >= 4 is 52.0 Å². The van der Waals surface area contributed by atoms with Gasteiger partial charge in [0.05, 0.1) is 29.7 Å². The summed E-state index contributed by atoms with van der Waals surface area (Å²) < 4.78 is 5.00. The maximum Gasteiger partial charge on any atom is 0.338 e. The topological polar surface area (TPSA) is 88.1 Å². The lowest BCUT2D eigenvalue weighted by atomic mass is 10.2. The fourth-order valence-corrected chi connectivity index (χ4v) is 4.30. The second-order valence-electron chi connectivity index (χ2n) is 6.97. The maximum atomic E-state index is 13.0. The molecule has 32 heavy (non-hydrogen) atoms. The van der Waals surface area contributed by atoms with Gasteiger partial charge in [0.15, 0.2) is 5.17 Å². The number of esters is 1. The Balaban J connectivity index is 1.89. The summed E-state index contributed by atoms with van der Waals surface area (Å²) in [5.74, 6) is -0.784. The van der Waals surface area contributed by atoms with Gasteiger partial charge in [-0.1, -0.05) is 35.5 Å². The average Bonchev–Trinajstić information content (AvgIpc) is 2.78. The van der Waals surface area contributed by atoms with Crippen LogP contribution in [0.4, 0.5) is 5.69 Å². The maximum absolute atomic E-state index is 13.0. The van der Waals surface area contributed by atoms with Crippen molar-refractivity contribution in [1.82, 2.24) is 10.2 Å². The molecule has 0 spiro atoms. The van der Waals surface area contributed by atoms with E-state index in [9.17, 15) is 14.4 Å². The number of carbonyl (C=O) groups is 3. The van der Waals surface area contributed by atoms with Crippen molar-refractivity contribution in [2.24, 2.45) is 4.99 Å². The fraction of sp³-hybridized carbons (Fsp3) is 0.304. The van der Waals surface area contributed by atoms with Gasteiger partial charge in [-0.15, -0.1) is 0 Å². The number of amides is 2. The van der Waals surface area contributed by atoms with Crippen LogP contribution in [0, 0.1) is 0 Å². The monoisotopic (exact) mass is 473 g/mol. The predicted octanol–water partition coefficient (Wildman–Crippen LogP) is 4.17. The van der Waals surface area contributed by atoms with E-state index in [0.717, 1.165) is 5.56 Å². The molecule has 2 aromatic carbocycles. The molecule has 0 aromatic heterocycles. The molecule has 0 bridgehead atoms. The number of carbonyl (C=O) groups excluding carboxylic acids is 3. The Morgan fingerprint density at radius 3 is 2.47 bits per heavy atom. The van der Waals surface area contributed by atoms with Gasteiger partial charge in [-0.2, -0.15) is 0 Å². The third kappa shape index (κ3) is 6.11. The Labute approximate surface area is 196 Å². The summed E-state index contributed by atoms with van der Waals surface area (Å²) in [6.45, 7) is 4.67. The first-order valence-corrected chi connectivity index (χ1v) is 11.5. The number of nitrogens with zero attached hydrogens (tertiary/aromatic N) is 2. The minimum Gasteiger partial charge on any atom is -0.462 e. The Kier molecular flexibility index (Phi) is 8.30. The highest BCUT2D eigenvalue weighted by Gasteiger charge is 2.35. The van der Waals surface area contributed by atoms with Crippen LogP contribution in [0.5, 0.6) is 0 Å². The third-order valence-corrected chi connectivity index (χ3v) is 6.08. The molecule has 3 rings (SSSR count). The molecule has 0 aliphatic carbocycles. The molecule has 9 heteroatoms. The van der Waals surface area contributed by atoms with Crippen LogP contribution in [0.15, 0.2) is 53.5 Å². The Bertz CT molecular complexity index is 1010. The van der Waals surface area contributed by atoms with Crippen LogP contribution in [0.2, 0.25) is 5.02 Å². The lowest BCUT2D eigenvalue weighted by Gasteiger charge is -2.31. The highest BCUT2D eigenvalue weighted by Crippen LogP contribution is 2.30. The van der Waals surface area contributed by atoms with Gasteiger partial charge >= 0.3 is 5.97 Å². The summed E-state index contributed by atoms with van der Waals surface area (Å²) >= 11 is 7.22. The number of rotatable bonds is 7. The molecule has 1 N–H and O–H groups in total. The molecule has 1 unspecified atom stereocenters. The zero-order chi connectivity index (χ0) is 23.1. The molecule has 1 aliphatic rings. The first-order chi connectivity index (χ1) is 15.4. The second kappa shape index (κ2) is 11.2. The van der Waals surface area contributed by atoms with Crippen LogP contribution in [-0.4, -0.2) is 46.3 Å². The second-order valence-corrected chi connectivity index (χ2v) is 8.58. The SMILES string of the molecule is CCNC(=O)C1CC(=O)N(Cc2ccc(Cl)cc2)C(=Nc2ccc(C(=O)OCC)cc2)S1. The fourth-order valence-electron chi connectivity index (χ4n) is 3.05. The number of benzene rings is 2. The molecule has 2 amide bonds. The zero-order valence-electron chi connectivity index (χ0n) is 17.8. The summed E-state index contributed by atoms with van der Waals surface area (Å²) in [6, 6.07) is 13.8. The van der Waals surface area contributed by atoms with Crippen LogP contribution in [0.1, 0.15) is 36.2 Å². The molecule has 1 saturated heterocycles. The largest absolute Gasteiger partial charge is 0.462 e. The summed E-state index contributed by atoms with van der Waals surface area (Å²) in [5, 5.41) is 3.26. The predicted molar refractivity (Wildman–Crippen MR) is 126 cm³/mol. The Hall–Kier alpha value is -2.84. The van der Waals surface area contributed by atoms with E-state index in [1.165, 1.54) is 11.8 Å². The highest BCUT2D eigenvalue weighted by molar-refractivity contribution is 8.15. The number of amidine groups is 1. The van der Waals surface area contributed by atoms with Crippen molar-refractivity contribution in [3.63, 3.8) is 0 Å². The van der Waals surface area contributed by atoms with Crippen LogP contribution in [-0.2, 0) is 20.9 Å². The van der Waals surface area contributed by atoms with Gasteiger partial charge in [0.1, 0.15) is 0 Å². The van der Waals surface area contributed by atoms with Crippen molar-refractivity contribution in [3.05, 3.63) is 64.7 Å². The summed E-state index contributed by atoms with van der Waals surface area (Å²) in [5.41, 5.74) is 1.87. The van der Waals surface area contributed by atoms with Gasteiger partial charge < -0.3 is 10.1 Å². The molecular weight excluding hydrogens is 450 g/mol. The molecule has 0 saturated carbocycles. The zero-order valence-corrected chi connectivity index (χ0v) is 19.4. The number of hydrogen-bond acceptors (Lipinski definition) is 6. The van der Waals surface area contributed by atoms with E-state index in [4.69, 9.17) is 16.3 Å². The van der Waals surface area contributed by atoms with Crippen molar-refractivity contribution in [1.29, 1.82) is 0 Å². The standard InChI is InChI=1S/C23H24ClN3O4S/c1-3-25-21(29)19-13-20(28)27(14-15-5-9-17(24)10-6-15)23(32-19)26-18-11-7-16(8-12-18)22(30)31-4-2/h5-12,19H,3-4,13-14H2,1-2H3,(H,25,29). The number of nitrogens with one attached hydrogen (secondary N) is 1. The Morgan fingerprint density at radius 1 is 1.16 bits per heavy atom. The molecule has 1 aliphatic heterocycles. The van der Waals surface area contributed by atoms with Gasteiger partial charge in [-0.25, -0.2) is 9.79 Å². The number of hydrogen-bond donors (Lipinski definition) is 1. The van der Waals surface area contributed by atoms with Gasteiger partial charge in [0, 0.05) is 18.0 Å². The van der Waals surface area contributed by atoms with E-state index in [0.29, 0.717) is 41.1 Å². The number of halogens is 1. The Morgan fingerprint density at radius 2 is 1.84 bits per heavy atom. The first-order valence-electron chi connectivity index (χ1n) is 10.3. The number of ether oxygens (including phenoxy) is 1. The van der Waals surface area contributed by atoms with Crippen LogP contribution in [0.25, 0.3) is 0 Å². The van der Waals surface area contributed by atoms with Gasteiger partial charge in [0.25, 0.3) is 0 Å². The molecule has 1 fully saturated rings. The summed E-state index contributed by atoms with van der Waals surface area (Å²) in [6.07, 6.45) is 0.0882. The first kappa shape index (κ1) is 23.8. The van der Waals surface area contributed by atoms with E-state index in [2.05, 4.69) is 10.3 Å². The van der Waals surface area contributed by atoms with E-state index < -0.39 is 11.2 Å². The van der Waals surface area contributed by atoms with E-state index >= 15 is 0 Å². The molecular formula is C23H24ClN3O4S. The molecule has 7 nitrogen and oxygen atoms in total. The molecule has 1 heterocycles. The summed E-state index contributed by atoms with van der Waals surface area (Å²) in [4.78, 5) is 43.4. The quantitative estimate of drug-likeness (QED) is 0.609. The normalized spacial score (nSPS) is 17.3. The van der Waals surface area contributed by atoms with Gasteiger partial charge in [0.2, 0.25) is 11.8 Å². The number of aliphatic imine (C=N–C) groups is 1. The van der Waals surface area contributed by atoms with E-state index in [-0.39, 0.29) is 18.2 Å². The van der Waals surface area contributed by atoms with Crippen LogP contribution in [0.3, 0.4) is 0 Å².